The maximum Gasteiger partial charge on any atom is 0.291 e. The van der Waals surface area contributed by atoms with Gasteiger partial charge in [-0.25, -0.2) is 13.4 Å². The lowest BCUT2D eigenvalue weighted by Gasteiger charge is -2.22. The summed E-state index contributed by atoms with van der Waals surface area (Å²) < 4.78 is 23.0. The number of carbonyl (C=O) groups excluding carboxylic acids is 1. The second-order valence-electron chi connectivity index (χ2n) is 5.25. The van der Waals surface area contributed by atoms with E-state index in [4.69, 9.17) is 0 Å². The zero-order valence-electron chi connectivity index (χ0n) is 10.4. The third-order valence-electron chi connectivity index (χ3n) is 3.47. The van der Waals surface area contributed by atoms with E-state index >= 15 is 0 Å². The molecule has 0 radical (unpaired) electrons. The fourth-order valence-electron chi connectivity index (χ4n) is 2.30. The number of sulfone groups is 1. The Bertz CT molecular complexity index is 591. The first-order valence-corrected chi connectivity index (χ1v) is 8.29. The molecule has 1 aromatic heterocycles. The van der Waals surface area contributed by atoms with Gasteiger partial charge in [-0.15, -0.1) is 5.10 Å². The van der Waals surface area contributed by atoms with Crippen molar-refractivity contribution >= 4 is 15.7 Å². The molecule has 3 rings (SSSR count). The number of nitrogens with one attached hydrogen (secondary N) is 2. The highest BCUT2D eigenvalue weighted by atomic mass is 32.2. The zero-order valence-corrected chi connectivity index (χ0v) is 11.2. The predicted octanol–water partition coefficient (Wildman–Crippen LogP) is -0.0109. The van der Waals surface area contributed by atoms with Crippen LogP contribution in [0.25, 0.3) is 0 Å². The van der Waals surface area contributed by atoms with E-state index in [1.807, 2.05) is 0 Å². The van der Waals surface area contributed by atoms with Crippen molar-refractivity contribution in [3.63, 3.8) is 0 Å². The van der Waals surface area contributed by atoms with E-state index in [2.05, 4.69) is 20.5 Å². The van der Waals surface area contributed by atoms with Gasteiger partial charge in [0.05, 0.1) is 11.5 Å². The summed E-state index contributed by atoms with van der Waals surface area (Å²) in [6.45, 7) is 0. The van der Waals surface area contributed by atoms with Crippen LogP contribution in [-0.4, -0.2) is 47.1 Å². The van der Waals surface area contributed by atoms with Crippen molar-refractivity contribution in [1.29, 1.82) is 0 Å². The molecule has 0 bridgehead atoms. The molecule has 1 aromatic rings. The van der Waals surface area contributed by atoms with Crippen LogP contribution in [0.1, 0.15) is 48.0 Å². The summed E-state index contributed by atoms with van der Waals surface area (Å²) in [5, 5.41) is 9.34. The lowest BCUT2D eigenvalue weighted by atomic mass is 10.2. The summed E-state index contributed by atoms with van der Waals surface area (Å²) in [6, 6.07) is -0.325. The lowest BCUT2D eigenvalue weighted by molar-refractivity contribution is 0.0928. The Morgan fingerprint density at radius 2 is 2.11 bits per heavy atom. The Kier molecular flexibility index (Phi) is 3.04. The second kappa shape index (κ2) is 4.59. The molecule has 1 saturated carbocycles. The van der Waals surface area contributed by atoms with Crippen LogP contribution in [0.4, 0.5) is 0 Å². The first-order chi connectivity index (χ1) is 9.03. The van der Waals surface area contributed by atoms with E-state index in [0.717, 1.165) is 18.7 Å². The van der Waals surface area contributed by atoms with Gasteiger partial charge in [-0.2, -0.15) is 0 Å². The highest BCUT2D eigenvalue weighted by molar-refractivity contribution is 7.91. The Morgan fingerprint density at radius 3 is 2.79 bits per heavy atom. The molecular weight excluding hydrogens is 268 g/mol. The first kappa shape index (κ1) is 12.6. The van der Waals surface area contributed by atoms with E-state index in [9.17, 15) is 13.2 Å². The van der Waals surface area contributed by atoms with Gasteiger partial charge in [-0.05, 0) is 25.7 Å². The fraction of sp³-hybridized carbons (Fsp3) is 0.727. The minimum atomic E-state index is -3.02. The molecule has 1 amide bonds. The lowest BCUT2D eigenvalue weighted by Crippen LogP contribution is -2.43. The van der Waals surface area contributed by atoms with Gasteiger partial charge in [-0.3, -0.25) is 9.89 Å². The largest absolute Gasteiger partial charge is 0.346 e. The Morgan fingerprint density at radius 1 is 1.32 bits per heavy atom. The van der Waals surface area contributed by atoms with Crippen LogP contribution in [0.2, 0.25) is 0 Å². The van der Waals surface area contributed by atoms with E-state index in [0.29, 0.717) is 18.8 Å². The van der Waals surface area contributed by atoms with Gasteiger partial charge in [0.25, 0.3) is 5.91 Å². The van der Waals surface area contributed by atoms with Crippen LogP contribution in [0.5, 0.6) is 0 Å². The van der Waals surface area contributed by atoms with Crippen molar-refractivity contribution in [3.05, 3.63) is 11.6 Å². The van der Waals surface area contributed by atoms with Gasteiger partial charge in [0, 0.05) is 12.0 Å². The van der Waals surface area contributed by atoms with Crippen molar-refractivity contribution in [1.82, 2.24) is 20.5 Å². The van der Waals surface area contributed by atoms with Crippen molar-refractivity contribution in [2.45, 2.75) is 37.6 Å². The van der Waals surface area contributed by atoms with Crippen molar-refractivity contribution in [2.24, 2.45) is 0 Å². The molecule has 1 unspecified atom stereocenters. The summed E-state index contributed by atoms with van der Waals surface area (Å²) in [5.41, 5.74) is 0. The predicted molar refractivity (Wildman–Crippen MR) is 67.5 cm³/mol. The minimum Gasteiger partial charge on any atom is -0.346 e. The van der Waals surface area contributed by atoms with Gasteiger partial charge in [0.15, 0.2) is 9.84 Å². The molecule has 2 heterocycles. The van der Waals surface area contributed by atoms with Gasteiger partial charge in [-0.1, -0.05) is 0 Å². The van der Waals surface area contributed by atoms with Crippen LogP contribution in [0.15, 0.2) is 0 Å². The molecule has 8 heteroatoms. The van der Waals surface area contributed by atoms with E-state index in [-0.39, 0.29) is 23.4 Å². The van der Waals surface area contributed by atoms with E-state index in [1.54, 1.807) is 0 Å². The fourth-order valence-corrected chi connectivity index (χ4v) is 3.94. The smallest absolute Gasteiger partial charge is 0.291 e. The number of H-pyrrole nitrogens is 1. The molecule has 1 aliphatic heterocycles. The summed E-state index contributed by atoms with van der Waals surface area (Å²) in [5.74, 6) is 1.09. The molecule has 0 spiro atoms. The molecule has 2 fully saturated rings. The minimum absolute atomic E-state index is 0.0125. The molecule has 2 aliphatic rings. The van der Waals surface area contributed by atoms with Crippen molar-refractivity contribution < 1.29 is 13.2 Å². The molecule has 1 saturated heterocycles. The summed E-state index contributed by atoms with van der Waals surface area (Å²) >= 11 is 0. The van der Waals surface area contributed by atoms with E-state index < -0.39 is 15.7 Å². The van der Waals surface area contributed by atoms with Crippen LogP contribution in [-0.2, 0) is 9.84 Å². The summed E-state index contributed by atoms with van der Waals surface area (Å²) in [7, 11) is -3.02. The number of carbonyl (C=O) groups is 1. The van der Waals surface area contributed by atoms with Crippen LogP contribution < -0.4 is 5.32 Å². The van der Waals surface area contributed by atoms with Gasteiger partial charge < -0.3 is 5.32 Å². The molecular formula is C11H16N4O3S. The SMILES string of the molecule is O=C(NC1CCCS(=O)(=O)C1)c1n[nH]c(C2CC2)n1. The quantitative estimate of drug-likeness (QED) is 0.812. The molecule has 104 valence electrons. The number of nitrogens with zero attached hydrogens (tertiary/aromatic N) is 2. The number of hydrogen-bond donors (Lipinski definition) is 2. The van der Waals surface area contributed by atoms with Crippen LogP contribution in [0, 0.1) is 0 Å². The average molecular weight is 284 g/mol. The standard InChI is InChI=1S/C11H16N4O3S/c16-11(10-13-9(14-15-10)7-3-4-7)12-8-2-1-5-19(17,18)6-8/h7-8H,1-6H2,(H,12,16)(H,13,14,15). The van der Waals surface area contributed by atoms with E-state index in [1.165, 1.54) is 0 Å². The van der Waals surface area contributed by atoms with Crippen molar-refractivity contribution in [3.8, 4) is 0 Å². The molecule has 1 atom stereocenters. The summed E-state index contributed by atoms with van der Waals surface area (Å²) in [6.07, 6.45) is 3.44. The third kappa shape index (κ3) is 2.94. The molecule has 2 N–H and O–H groups in total. The van der Waals surface area contributed by atoms with Gasteiger partial charge in [0.2, 0.25) is 5.82 Å². The number of aromatic nitrogens is 3. The van der Waals surface area contributed by atoms with Crippen LogP contribution in [0.3, 0.4) is 0 Å². The molecule has 19 heavy (non-hydrogen) atoms. The zero-order chi connectivity index (χ0) is 13.5. The maximum absolute atomic E-state index is 11.9. The van der Waals surface area contributed by atoms with Gasteiger partial charge >= 0.3 is 0 Å². The average Bonchev–Trinajstić information content (AvgIpc) is 3.05. The number of amides is 1. The molecule has 7 nitrogen and oxygen atoms in total. The summed E-state index contributed by atoms with van der Waals surface area (Å²) in [4.78, 5) is 16.1. The number of hydrogen-bond acceptors (Lipinski definition) is 5. The number of rotatable bonds is 3. The third-order valence-corrected chi connectivity index (χ3v) is 5.29. The van der Waals surface area contributed by atoms with Crippen LogP contribution >= 0.6 is 0 Å². The Hall–Kier alpha value is -1.44. The number of aromatic amines is 1. The highest BCUT2D eigenvalue weighted by Gasteiger charge is 2.30. The normalized spacial score (nSPS) is 26.0. The second-order valence-corrected chi connectivity index (χ2v) is 7.47. The molecule has 1 aliphatic carbocycles. The monoisotopic (exact) mass is 284 g/mol. The Labute approximate surface area is 111 Å². The van der Waals surface area contributed by atoms with Gasteiger partial charge in [0.1, 0.15) is 5.82 Å². The highest BCUT2D eigenvalue weighted by Crippen LogP contribution is 2.37. The first-order valence-electron chi connectivity index (χ1n) is 6.47. The van der Waals surface area contributed by atoms with Crippen molar-refractivity contribution in [2.75, 3.05) is 11.5 Å². The topological polar surface area (TPSA) is 105 Å². The Balaban J connectivity index is 1.63. The maximum atomic E-state index is 11.9. The molecule has 0 aromatic carbocycles.